The van der Waals surface area contributed by atoms with Gasteiger partial charge in [0.1, 0.15) is 5.75 Å². The molecular weight excluding hydrogens is 376 g/mol. The smallest absolute Gasteiger partial charge is 0.271 e. The van der Waals surface area contributed by atoms with Gasteiger partial charge in [-0.2, -0.15) is 5.10 Å². The van der Waals surface area contributed by atoms with Crippen LogP contribution in [-0.2, 0) is 0 Å². The molecule has 6 nitrogen and oxygen atoms in total. The van der Waals surface area contributed by atoms with Crippen LogP contribution in [0.15, 0.2) is 78.2 Å². The highest BCUT2D eigenvalue weighted by Gasteiger charge is 2.09. The topological polar surface area (TPSA) is 76.5 Å². The molecule has 0 aliphatic rings. The molecule has 0 fully saturated rings. The van der Waals surface area contributed by atoms with Crippen molar-refractivity contribution in [2.75, 3.05) is 0 Å². The van der Waals surface area contributed by atoms with Crippen molar-refractivity contribution in [2.45, 2.75) is 13.8 Å². The van der Waals surface area contributed by atoms with Gasteiger partial charge in [-0.25, -0.2) is 10.4 Å². The Morgan fingerprint density at radius 2 is 1.70 bits per heavy atom. The summed E-state index contributed by atoms with van der Waals surface area (Å²) in [5.74, 6) is 0.770. The van der Waals surface area contributed by atoms with Crippen LogP contribution in [0.25, 0.3) is 10.9 Å². The van der Waals surface area contributed by atoms with E-state index in [9.17, 15) is 4.79 Å². The van der Waals surface area contributed by atoms with Crippen LogP contribution < -0.4 is 10.2 Å². The highest BCUT2D eigenvalue weighted by atomic mass is 16.5. The minimum Gasteiger partial charge on any atom is -0.438 e. The molecule has 148 valence electrons. The number of hydrogen-bond donors (Lipinski definition) is 1. The van der Waals surface area contributed by atoms with E-state index in [1.54, 1.807) is 24.5 Å². The molecule has 4 rings (SSSR count). The molecule has 6 heteroatoms. The molecule has 1 N–H and O–H groups in total. The monoisotopic (exact) mass is 396 g/mol. The number of hydrogen-bond acceptors (Lipinski definition) is 5. The number of carbonyl (C=O) groups excluding carboxylic acids is 1. The van der Waals surface area contributed by atoms with Crippen molar-refractivity contribution in [3.05, 3.63) is 95.3 Å². The fourth-order valence-corrected chi connectivity index (χ4v) is 2.92. The van der Waals surface area contributed by atoms with Crippen LogP contribution in [0.1, 0.15) is 27.0 Å². The lowest BCUT2D eigenvalue weighted by Crippen LogP contribution is -2.17. The van der Waals surface area contributed by atoms with Crippen LogP contribution in [0.3, 0.4) is 0 Å². The Balaban J connectivity index is 1.65. The molecule has 30 heavy (non-hydrogen) atoms. The average Bonchev–Trinajstić information content (AvgIpc) is 2.76. The third kappa shape index (κ3) is 4.50. The quantitative estimate of drug-likeness (QED) is 0.388. The van der Waals surface area contributed by atoms with E-state index in [1.165, 1.54) is 6.21 Å². The Kier molecular flexibility index (Phi) is 5.48. The zero-order chi connectivity index (χ0) is 20.9. The number of rotatable bonds is 5. The number of hydrazone groups is 1. The van der Waals surface area contributed by atoms with Gasteiger partial charge < -0.3 is 4.74 Å². The summed E-state index contributed by atoms with van der Waals surface area (Å²) in [5.41, 5.74) is 6.75. The number of nitrogens with one attached hydrogen (secondary N) is 1. The second kappa shape index (κ2) is 8.53. The van der Waals surface area contributed by atoms with E-state index < -0.39 is 0 Å². The second-order valence-electron chi connectivity index (χ2n) is 6.93. The van der Waals surface area contributed by atoms with E-state index in [4.69, 9.17) is 4.74 Å². The molecule has 2 aromatic carbocycles. The predicted molar refractivity (Wildman–Crippen MR) is 117 cm³/mol. The molecule has 0 atom stereocenters. The third-order valence-electron chi connectivity index (χ3n) is 4.51. The maximum atomic E-state index is 12.2. The Labute approximate surface area is 174 Å². The molecule has 2 aromatic heterocycles. The Morgan fingerprint density at radius 1 is 0.967 bits per heavy atom. The number of benzene rings is 2. The van der Waals surface area contributed by atoms with E-state index in [-0.39, 0.29) is 5.91 Å². The number of carbonyl (C=O) groups is 1. The lowest BCUT2D eigenvalue weighted by atomic mass is 10.1. The summed E-state index contributed by atoms with van der Waals surface area (Å²) in [6, 6.07) is 18.9. The molecular formula is C24H20N4O2. The van der Waals surface area contributed by atoms with Crippen molar-refractivity contribution in [1.29, 1.82) is 0 Å². The summed E-state index contributed by atoms with van der Waals surface area (Å²) < 4.78 is 6.02. The van der Waals surface area contributed by atoms with Crippen molar-refractivity contribution in [3.8, 4) is 11.6 Å². The maximum Gasteiger partial charge on any atom is 0.271 e. The van der Waals surface area contributed by atoms with Gasteiger partial charge in [-0.15, -0.1) is 0 Å². The lowest BCUT2D eigenvalue weighted by molar-refractivity contribution is 0.0955. The number of ether oxygens (including phenoxy) is 1. The first kappa shape index (κ1) is 19.3. The number of nitrogens with zero attached hydrogens (tertiary/aromatic N) is 3. The molecule has 0 aliphatic carbocycles. The van der Waals surface area contributed by atoms with Gasteiger partial charge in [-0.05, 0) is 56.3 Å². The van der Waals surface area contributed by atoms with Crippen LogP contribution >= 0.6 is 0 Å². The number of aromatic nitrogens is 2. The first-order chi connectivity index (χ1) is 14.6. The molecule has 0 unspecified atom stereocenters. The number of pyridine rings is 2. The van der Waals surface area contributed by atoms with E-state index in [1.807, 2.05) is 62.4 Å². The molecule has 0 bridgehead atoms. The second-order valence-corrected chi connectivity index (χ2v) is 6.93. The zero-order valence-electron chi connectivity index (χ0n) is 16.7. The molecule has 0 radical (unpaired) electrons. The summed E-state index contributed by atoms with van der Waals surface area (Å²) in [5, 5.41) is 5.06. The van der Waals surface area contributed by atoms with Gasteiger partial charge in [0.15, 0.2) is 0 Å². The minimum absolute atomic E-state index is 0.320. The van der Waals surface area contributed by atoms with E-state index >= 15 is 0 Å². The largest absolute Gasteiger partial charge is 0.438 e. The summed E-state index contributed by atoms with van der Waals surface area (Å²) in [6.45, 7) is 4.04. The van der Waals surface area contributed by atoms with Crippen LogP contribution in [0.5, 0.6) is 11.6 Å². The summed E-state index contributed by atoms with van der Waals surface area (Å²) in [6.07, 6.45) is 4.65. The van der Waals surface area contributed by atoms with Crippen LogP contribution in [0.4, 0.5) is 0 Å². The molecule has 0 saturated heterocycles. The standard InChI is InChI=1S/C24H20N4O2/c1-16-3-6-21(7-4-16)30-24-20(14-19-13-17(2)5-8-22(19)27-24)15-26-28-23(29)18-9-11-25-12-10-18/h3-15H,1-2H3,(H,28,29)/b26-15+. The van der Waals surface area contributed by atoms with Gasteiger partial charge in [0, 0.05) is 23.3 Å². The first-order valence-corrected chi connectivity index (χ1v) is 9.48. The van der Waals surface area contributed by atoms with Crippen molar-refractivity contribution < 1.29 is 9.53 Å². The molecule has 1 amide bonds. The maximum absolute atomic E-state index is 12.2. The van der Waals surface area contributed by atoms with Crippen molar-refractivity contribution >= 4 is 23.0 Å². The Hall–Kier alpha value is -4.06. The SMILES string of the molecule is Cc1ccc(Oc2nc3ccc(C)cc3cc2/C=N/NC(=O)c2ccncc2)cc1. The summed E-state index contributed by atoms with van der Waals surface area (Å²) >= 11 is 0. The normalized spacial score (nSPS) is 11.0. The highest BCUT2D eigenvalue weighted by molar-refractivity contribution is 5.95. The molecule has 0 saturated carbocycles. The molecule has 0 aliphatic heterocycles. The zero-order valence-corrected chi connectivity index (χ0v) is 16.7. The Morgan fingerprint density at radius 3 is 2.47 bits per heavy atom. The molecule has 2 heterocycles. The van der Waals surface area contributed by atoms with E-state index in [0.29, 0.717) is 22.8 Å². The summed E-state index contributed by atoms with van der Waals surface area (Å²) in [4.78, 5) is 20.8. The number of amides is 1. The number of aryl methyl sites for hydroxylation is 2. The van der Waals surface area contributed by atoms with Gasteiger partial charge in [-0.3, -0.25) is 9.78 Å². The number of fused-ring (bicyclic) bond motifs is 1. The predicted octanol–water partition coefficient (Wildman–Crippen LogP) is 4.80. The summed E-state index contributed by atoms with van der Waals surface area (Å²) in [7, 11) is 0. The van der Waals surface area contributed by atoms with Crippen molar-refractivity contribution in [1.82, 2.24) is 15.4 Å². The van der Waals surface area contributed by atoms with Crippen molar-refractivity contribution in [2.24, 2.45) is 5.10 Å². The van der Waals surface area contributed by atoms with Crippen LogP contribution in [-0.4, -0.2) is 22.1 Å². The third-order valence-corrected chi connectivity index (χ3v) is 4.51. The minimum atomic E-state index is -0.320. The van der Waals surface area contributed by atoms with Gasteiger partial charge >= 0.3 is 0 Å². The van der Waals surface area contributed by atoms with Gasteiger partial charge in [0.2, 0.25) is 5.88 Å². The lowest BCUT2D eigenvalue weighted by Gasteiger charge is -2.10. The molecule has 4 aromatic rings. The highest BCUT2D eigenvalue weighted by Crippen LogP contribution is 2.27. The van der Waals surface area contributed by atoms with Gasteiger partial charge in [0.05, 0.1) is 17.3 Å². The average molecular weight is 396 g/mol. The van der Waals surface area contributed by atoms with Crippen LogP contribution in [0, 0.1) is 13.8 Å². The van der Waals surface area contributed by atoms with Crippen molar-refractivity contribution in [3.63, 3.8) is 0 Å². The Bertz CT molecular complexity index is 1220. The fraction of sp³-hybridized carbons (Fsp3) is 0.0833. The van der Waals surface area contributed by atoms with Gasteiger partial charge in [0.25, 0.3) is 5.91 Å². The van der Waals surface area contributed by atoms with E-state index in [2.05, 4.69) is 20.5 Å². The first-order valence-electron chi connectivity index (χ1n) is 9.48. The van der Waals surface area contributed by atoms with Crippen LogP contribution in [0.2, 0.25) is 0 Å². The van der Waals surface area contributed by atoms with E-state index in [0.717, 1.165) is 22.0 Å². The van der Waals surface area contributed by atoms with Gasteiger partial charge in [-0.1, -0.05) is 29.3 Å². The molecule has 0 spiro atoms. The fourth-order valence-electron chi connectivity index (χ4n) is 2.92.